The van der Waals surface area contributed by atoms with Crippen molar-refractivity contribution in [1.82, 2.24) is 14.9 Å². The van der Waals surface area contributed by atoms with Gasteiger partial charge in [0.1, 0.15) is 11.6 Å². The minimum absolute atomic E-state index is 0.212. The van der Waals surface area contributed by atoms with Crippen molar-refractivity contribution in [3.63, 3.8) is 0 Å². The highest BCUT2D eigenvalue weighted by molar-refractivity contribution is 5.84. The van der Waals surface area contributed by atoms with E-state index in [4.69, 9.17) is 5.73 Å². The molecular formula is C29H34FN5O. The molecule has 0 radical (unpaired) electrons. The van der Waals surface area contributed by atoms with E-state index in [0.717, 1.165) is 10.9 Å². The number of nitrogens with zero attached hydrogens (tertiary/aromatic N) is 3. The Labute approximate surface area is 212 Å². The SMILES string of the molecule is C=C/C(=C\N(C)C)Nc1nc(N)cc(-c2cccccc3cc(C(C)(C)C)cc(F)c3cc2CO)n1. The molecule has 6 nitrogen and oxygen atoms in total. The molecule has 0 aliphatic carbocycles. The van der Waals surface area contributed by atoms with E-state index in [-0.39, 0.29) is 29.6 Å². The molecule has 1 heterocycles. The highest BCUT2D eigenvalue weighted by Crippen LogP contribution is 2.30. The second-order valence-corrected chi connectivity index (χ2v) is 9.74. The third-order valence-corrected chi connectivity index (χ3v) is 5.52. The Bertz CT molecular complexity index is 1360. The predicted octanol–water partition coefficient (Wildman–Crippen LogP) is 5.93. The number of halogens is 1. The van der Waals surface area contributed by atoms with Gasteiger partial charge in [0, 0.05) is 37.3 Å². The fourth-order valence-corrected chi connectivity index (χ4v) is 3.68. The summed E-state index contributed by atoms with van der Waals surface area (Å²) >= 11 is 0. The van der Waals surface area contributed by atoms with Crippen LogP contribution < -0.4 is 11.1 Å². The number of allylic oxidation sites excluding steroid dienone is 1. The summed E-state index contributed by atoms with van der Waals surface area (Å²) < 4.78 is 15.4. The number of benzene rings is 1. The van der Waals surface area contributed by atoms with Crippen LogP contribution in [0.4, 0.5) is 16.2 Å². The third kappa shape index (κ3) is 6.58. The van der Waals surface area contributed by atoms with Crippen molar-refractivity contribution in [3.8, 4) is 11.3 Å². The smallest absolute Gasteiger partial charge is 0.229 e. The molecule has 0 atom stereocenters. The maximum absolute atomic E-state index is 15.4. The minimum Gasteiger partial charge on any atom is -0.392 e. The van der Waals surface area contributed by atoms with Crippen molar-refractivity contribution in [3.05, 3.63) is 96.1 Å². The maximum Gasteiger partial charge on any atom is 0.229 e. The van der Waals surface area contributed by atoms with E-state index < -0.39 is 0 Å². The first kappa shape index (κ1) is 26.6. The largest absolute Gasteiger partial charge is 0.392 e. The van der Waals surface area contributed by atoms with E-state index in [9.17, 15) is 5.11 Å². The molecule has 188 valence electrons. The van der Waals surface area contributed by atoms with Gasteiger partial charge in [-0.05, 0) is 40.1 Å². The van der Waals surface area contributed by atoms with Crippen LogP contribution in [-0.4, -0.2) is 34.1 Å². The number of aliphatic hydroxyl groups excluding tert-OH is 1. The summed E-state index contributed by atoms with van der Waals surface area (Å²) in [6.07, 6.45) is 3.48. The standard InChI is InChI=1S/C29H34FN5O/c1-7-22(17-35(5)6)32-28-33-26(16-27(31)34-28)23-12-10-8-9-11-19-13-21(29(2,3)4)15-25(30)24(19)14-20(23)18-36/h7-17,36H,1,18H2,2-6H3,(H3,31,32,33,34)/b9-8?,10-8?,11-9?,12-10?,19-11?,20-14?,22-17+,23-12?,23-20?,24-14?. The Morgan fingerprint density at radius 1 is 1.11 bits per heavy atom. The monoisotopic (exact) mass is 487 g/mol. The number of nitrogens with two attached hydrogens (primary N) is 1. The number of aliphatic hydroxyl groups is 1. The van der Waals surface area contributed by atoms with Crippen LogP contribution in [0.3, 0.4) is 0 Å². The molecule has 0 amide bonds. The molecule has 2 aromatic carbocycles. The van der Waals surface area contributed by atoms with Crippen molar-refractivity contribution < 1.29 is 9.50 Å². The van der Waals surface area contributed by atoms with E-state index in [1.54, 1.807) is 24.3 Å². The van der Waals surface area contributed by atoms with E-state index >= 15 is 4.39 Å². The zero-order chi connectivity index (χ0) is 26.5. The lowest BCUT2D eigenvalue weighted by Gasteiger charge is -2.19. The molecule has 0 bridgehead atoms. The van der Waals surface area contributed by atoms with Crippen molar-refractivity contribution in [2.45, 2.75) is 32.8 Å². The van der Waals surface area contributed by atoms with Crippen LogP contribution in [-0.2, 0) is 12.0 Å². The molecule has 1 aromatic heterocycles. The summed E-state index contributed by atoms with van der Waals surface area (Å²) in [5.74, 6) is 0.167. The first-order chi connectivity index (χ1) is 17.0. The maximum atomic E-state index is 15.4. The summed E-state index contributed by atoms with van der Waals surface area (Å²) in [7, 11) is 3.78. The zero-order valence-corrected chi connectivity index (χ0v) is 21.5. The molecule has 0 saturated carbocycles. The number of aromatic nitrogens is 2. The van der Waals surface area contributed by atoms with Gasteiger partial charge in [-0.25, -0.2) is 9.37 Å². The number of hydrogen-bond acceptors (Lipinski definition) is 6. The molecule has 0 aliphatic heterocycles. The number of hydrogen-bond donors (Lipinski definition) is 3. The van der Waals surface area contributed by atoms with Crippen molar-refractivity contribution in [2.75, 3.05) is 25.1 Å². The van der Waals surface area contributed by atoms with Gasteiger partial charge in [0.15, 0.2) is 0 Å². The average Bonchev–Trinajstić information content (AvgIpc) is 2.79. The number of nitrogens with one attached hydrogen (secondary N) is 1. The molecule has 7 heteroatoms. The molecule has 0 fully saturated rings. The highest BCUT2D eigenvalue weighted by atomic mass is 19.1. The fourth-order valence-electron chi connectivity index (χ4n) is 3.68. The van der Waals surface area contributed by atoms with Crippen molar-refractivity contribution >= 4 is 22.5 Å². The van der Waals surface area contributed by atoms with Crippen LogP contribution in [0.1, 0.15) is 31.9 Å². The van der Waals surface area contributed by atoms with E-state index in [2.05, 4.69) is 21.9 Å². The molecule has 36 heavy (non-hydrogen) atoms. The van der Waals surface area contributed by atoms with Crippen LogP contribution in [0.5, 0.6) is 0 Å². The highest BCUT2D eigenvalue weighted by Gasteiger charge is 2.16. The number of nitrogen functional groups attached to an aromatic ring is 1. The van der Waals surface area contributed by atoms with Crippen molar-refractivity contribution in [1.29, 1.82) is 0 Å². The van der Waals surface area contributed by atoms with Gasteiger partial charge in [0.25, 0.3) is 0 Å². The summed E-state index contributed by atoms with van der Waals surface area (Å²) in [5, 5.41) is 14.6. The van der Waals surface area contributed by atoms with Crippen LogP contribution in [0.15, 0.2) is 79.1 Å². The quantitative estimate of drug-likeness (QED) is 0.374. The van der Waals surface area contributed by atoms with Crippen LogP contribution in [0.2, 0.25) is 0 Å². The average molecular weight is 488 g/mol. The molecule has 0 aliphatic rings. The number of fused-ring (bicyclic) bond motifs is 1. The molecular weight excluding hydrogens is 453 g/mol. The summed E-state index contributed by atoms with van der Waals surface area (Å²) in [6.45, 7) is 9.63. The van der Waals surface area contributed by atoms with Gasteiger partial charge in [0.05, 0.1) is 18.0 Å². The molecule has 3 aromatic rings. The molecule has 0 saturated heterocycles. The van der Waals surface area contributed by atoms with Crippen LogP contribution >= 0.6 is 0 Å². The van der Waals surface area contributed by atoms with Gasteiger partial charge < -0.3 is 21.1 Å². The third-order valence-electron chi connectivity index (χ3n) is 5.52. The minimum atomic E-state index is -0.356. The first-order valence-corrected chi connectivity index (χ1v) is 11.7. The topological polar surface area (TPSA) is 87.3 Å². The molecule has 3 rings (SSSR count). The fraction of sp³-hybridized carbons (Fsp3) is 0.241. The Hall–Kier alpha value is -3.97. The summed E-state index contributed by atoms with van der Waals surface area (Å²) in [4.78, 5) is 10.8. The van der Waals surface area contributed by atoms with Gasteiger partial charge in [0.2, 0.25) is 5.95 Å². The lowest BCUT2D eigenvalue weighted by Crippen LogP contribution is -2.11. The zero-order valence-electron chi connectivity index (χ0n) is 21.5. The van der Waals surface area contributed by atoms with Gasteiger partial charge in [-0.2, -0.15) is 4.98 Å². The van der Waals surface area contributed by atoms with E-state index in [1.165, 1.54) is 0 Å². The second-order valence-electron chi connectivity index (χ2n) is 9.74. The Morgan fingerprint density at radius 3 is 2.47 bits per heavy atom. The normalized spacial score (nSPS) is 11.7. The Balaban J connectivity index is 2.28. The van der Waals surface area contributed by atoms with E-state index in [0.29, 0.717) is 27.9 Å². The molecule has 0 unspecified atom stereocenters. The van der Waals surface area contributed by atoms with Gasteiger partial charge in [-0.15, -0.1) is 0 Å². The molecule has 0 spiro atoms. The van der Waals surface area contributed by atoms with Crippen LogP contribution in [0.25, 0.3) is 22.0 Å². The van der Waals surface area contributed by atoms with Gasteiger partial charge >= 0.3 is 0 Å². The Kier molecular flexibility index (Phi) is 8.27. The lowest BCUT2D eigenvalue weighted by atomic mass is 9.86. The first-order valence-electron chi connectivity index (χ1n) is 11.7. The summed E-state index contributed by atoms with van der Waals surface area (Å²) in [6, 6.07) is 16.1. The summed E-state index contributed by atoms with van der Waals surface area (Å²) in [5.41, 5.74) is 9.06. The van der Waals surface area contributed by atoms with Gasteiger partial charge in [-0.1, -0.05) is 63.7 Å². The predicted molar refractivity (Wildman–Crippen MR) is 147 cm³/mol. The number of anilines is 2. The number of rotatable bonds is 6. The molecule has 4 N–H and O–H groups in total. The van der Waals surface area contributed by atoms with Crippen LogP contribution in [0, 0.1) is 5.82 Å². The lowest BCUT2D eigenvalue weighted by molar-refractivity contribution is 0.282. The van der Waals surface area contributed by atoms with E-state index in [1.807, 2.05) is 82.4 Å². The second kappa shape index (κ2) is 11.2. The Morgan fingerprint density at radius 2 is 1.83 bits per heavy atom. The van der Waals surface area contributed by atoms with Crippen molar-refractivity contribution in [2.24, 2.45) is 0 Å². The van der Waals surface area contributed by atoms with Gasteiger partial charge in [-0.3, -0.25) is 0 Å².